The first-order chi connectivity index (χ1) is 9.97. The van der Waals surface area contributed by atoms with Gasteiger partial charge in [0.15, 0.2) is 0 Å². The number of amides is 1. The van der Waals surface area contributed by atoms with Crippen LogP contribution in [0.3, 0.4) is 0 Å². The van der Waals surface area contributed by atoms with E-state index in [0.717, 1.165) is 16.3 Å². The second-order valence-corrected chi connectivity index (χ2v) is 6.25. The molecule has 0 saturated carbocycles. The minimum Gasteiger partial charge on any atom is -0.350 e. The lowest BCUT2D eigenvalue weighted by Crippen LogP contribution is -2.38. The summed E-state index contributed by atoms with van der Waals surface area (Å²) < 4.78 is 0. The third kappa shape index (κ3) is 4.12. The first-order valence-electron chi connectivity index (χ1n) is 6.94. The number of carbonyl (C=O) groups is 1. The Labute approximate surface area is 129 Å². The average molecular weight is 303 g/mol. The number of hydrogen-bond donors (Lipinski definition) is 1. The first-order valence-corrected chi connectivity index (χ1v) is 7.82. The summed E-state index contributed by atoms with van der Waals surface area (Å²) in [6.45, 7) is 4.70. The van der Waals surface area contributed by atoms with Gasteiger partial charge in [-0.25, -0.2) is 4.98 Å². The van der Waals surface area contributed by atoms with Crippen LogP contribution in [0.1, 0.15) is 23.0 Å². The molecule has 2 rings (SSSR count). The number of hydrogen-bond acceptors (Lipinski definition) is 4. The van der Waals surface area contributed by atoms with Gasteiger partial charge in [-0.2, -0.15) is 0 Å². The fourth-order valence-corrected chi connectivity index (χ4v) is 2.58. The zero-order valence-electron chi connectivity index (χ0n) is 12.9. The highest BCUT2D eigenvalue weighted by atomic mass is 32.1. The molecule has 0 aliphatic carbocycles. The van der Waals surface area contributed by atoms with Gasteiger partial charge >= 0.3 is 0 Å². The summed E-state index contributed by atoms with van der Waals surface area (Å²) >= 11 is 1.62. The maximum absolute atomic E-state index is 12.1. The minimum atomic E-state index is -0.0365. The molecule has 1 aromatic carbocycles. The predicted molar refractivity (Wildman–Crippen MR) is 87.8 cm³/mol. The van der Waals surface area contributed by atoms with Crippen LogP contribution in [0.5, 0.6) is 0 Å². The van der Waals surface area contributed by atoms with Gasteiger partial charge in [-0.3, -0.25) is 4.79 Å². The molecule has 0 aliphatic rings. The lowest BCUT2D eigenvalue weighted by Gasteiger charge is -2.19. The summed E-state index contributed by atoms with van der Waals surface area (Å²) in [6, 6.07) is 7.90. The van der Waals surface area contributed by atoms with Crippen LogP contribution in [0, 0.1) is 6.92 Å². The standard InChI is InChI=1S/C16H21N3OS/c1-11-10-21-16(18-11)14-7-5-13(6-8-14)15(20)17-9-12(2)19(3)4/h5-8,10,12H,9H2,1-4H3,(H,17,20)/t12-/m0/s1. The Balaban J connectivity index is 2.00. The molecule has 4 nitrogen and oxygen atoms in total. The van der Waals surface area contributed by atoms with E-state index < -0.39 is 0 Å². The largest absolute Gasteiger partial charge is 0.350 e. The van der Waals surface area contributed by atoms with E-state index in [9.17, 15) is 4.79 Å². The number of aryl methyl sites for hydroxylation is 1. The van der Waals surface area contributed by atoms with Crippen molar-refractivity contribution in [2.24, 2.45) is 0 Å². The number of nitrogens with zero attached hydrogens (tertiary/aromatic N) is 2. The van der Waals surface area contributed by atoms with Crippen LogP contribution in [0.2, 0.25) is 0 Å². The molecule has 1 amide bonds. The summed E-state index contributed by atoms with van der Waals surface area (Å²) in [5.74, 6) is -0.0365. The van der Waals surface area contributed by atoms with E-state index in [1.165, 1.54) is 0 Å². The molecule has 1 heterocycles. The van der Waals surface area contributed by atoms with E-state index in [0.29, 0.717) is 18.2 Å². The smallest absolute Gasteiger partial charge is 0.251 e. The molecule has 5 heteroatoms. The summed E-state index contributed by atoms with van der Waals surface area (Å²) in [5, 5.41) is 5.96. The molecule has 0 spiro atoms. The Bertz CT molecular complexity index is 604. The van der Waals surface area contributed by atoms with E-state index in [4.69, 9.17) is 0 Å². The highest BCUT2D eigenvalue weighted by Gasteiger charge is 2.10. The number of likely N-dealkylation sites (N-methyl/N-ethyl adjacent to an activating group) is 1. The van der Waals surface area contributed by atoms with E-state index in [2.05, 4.69) is 22.1 Å². The Kier molecular flexibility index (Phi) is 5.09. The number of rotatable bonds is 5. The van der Waals surface area contributed by atoms with Crippen LogP contribution in [-0.2, 0) is 0 Å². The lowest BCUT2D eigenvalue weighted by atomic mass is 10.1. The molecule has 0 bridgehead atoms. The Hall–Kier alpha value is -1.72. The van der Waals surface area contributed by atoms with Crippen molar-refractivity contribution in [2.45, 2.75) is 19.9 Å². The van der Waals surface area contributed by atoms with Crippen molar-refractivity contribution in [2.75, 3.05) is 20.6 Å². The van der Waals surface area contributed by atoms with Gasteiger partial charge in [-0.05, 0) is 40.1 Å². The molecule has 0 radical (unpaired) electrons. The van der Waals surface area contributed by atoms with Crippen molar-refractivity contribution in [3.8, 4) is 10.6 Å². The van der Waals surface area contributed by atoms with Crippen LogP contribution < -0.4 is 5.32 Å². The van der Waals surface area contributed by atoms with E-state index in [-0.39, 0.29) is 5.91 Å². The second kappa shape index (κ2) is 6.83. The average Bonchev–Trinajstić information content (AvgIpc) is 2.91. The highest BCUT2D eigenvalue weighted by Crippen LogP contribution is 2.23. The molecule has 2 aromatic rings. The Morgan fingerprint density at radius 1 is 1.33 bits per heavy atom. The molecular weight excluding hydrogens is 282 g/mol. The van der Waals surface area contributed by atoms with Crippen molar-refractivity contribution in [3.63, 3.8) is 0 Å². The van der Waals surface area contributed by atoms with Gasteiger partial charge in [0.1, 0.15) is 5.01 Å². The van der Waals surface area contributed by atoms with E-state index in [1.54, 1.807) is 11.3 Å². The van der Waals surface area contributed by atoms with E-state index >= 15 is 0 Å². The predicted octanol–water partition coefficient (Wildman–Crippen LogP) is 2.80. The van der Waals surface area contributed by atoms with Crippen molar-refractivity contribution in [1.29, 1.82) is 0 Å². The summed E-state index contributed by atoms with van der Waals surface area (Å²) in [5.41, 5.74) is 2.75. The Morgan fingerprint density at radius 3 is 2.52 bits per heavy atom. The van der Waals surface area contributed by atoms with Crippen LogP contribution in [0.15, 0.2) is 29.6 Å². The molecule has 1 N–H and O–H groups in total. The van der Waals surface area contributed by atoms with Crippen molar-refractivity contribution in [3.05, 3.63) is 40.9 Å². The quantitative estimate of drug-likeness (QED) is 0.924. The SMILES string of the molecule is Cc1csc(-c2ccc(C(=O)NC[C@H](C)N(C)C)cc2)n1. The highest BCUT2D eigenvalue weighted by molar-refractivity contribution is 7.13. The van der Waals surface area contributed by atoms with Crippen molar-refractivity contribution < 1.29 is 4.79 Å². The summed E-state index contributed by atoms with van der Waals surface area (Å²) in [6.07, 6.45) is 0. The maximum Gasteiger partial charge on any atom is 0.251 e. The molecule has 21 heavy (non-hydrogen) atoms. The van der Waals surface area contributed by atoms with Gasteiger partial charge in [0.25, 0.3) is 5.91 Å². The van der Waals surface area contributed by atoms with Crippen LogP contribution in [0.25, 0.3) is 10.6 Å². The number of nitrogens with one attached hydrogen (secondary N) is 1. The summed E-state index contributed by atoms with van der Waals surface area (Å²) in [4.78, 5) is 18.6. The van der Waals surface area contributed by atoms with Crippen molar-refractivity contribution in [1.82, 2.24) is 15.2 Å². The topological polar surface area (TPSA) is 45.2 Å². The van der Waals surface area contributed by atoms with Gasteiger partial charge in [0.2, 0.25) is 0 Å². The molecule has 1 aromatic heterocycles. The fraction of sp³-hybridized carbons (Fsp3) is 0.375. The fourth-order valence-electron chi connectivity index (χ4n) is 1.78. The third-order valence-electron chi connectivity index (χ3n) is 3.45. The Morgan fingerprint density at radius 2 is 2.00 bits per heavy atom. The third-order valence-corrected chi connectivity index (χ3v) is 4.46. The lowest BCUT2D eigenvalue weighted by molar-refractivity contribution is 0.0943. The summed E-state index contributed by atoms with van der Waals surface area (Å²) in [7, 11) is 4.00. The molecular formula is C16H21N3OS. The van der Waals surface area contributed by atoms with Crippen LogP contribution in [-0.4, -0.2) is 42.5 Å². The van der Waals surface area contributed by atoms with Gasteiger partial charge < -0.3 is 10.2 Å². The molecule has 112 valence electrons. The molecule has 0 aliphatic heterocycles. The maximum atomic E-state index is 12.1. The number of thiazole rings is 1. The molecule has 0 fully saturated rings. The van der Waals surface area contributed by atoms with Crippen LogP contribution in [0.4, 0.5) is 0 Å². The first kappa shape index (κ1) is 15.7. The number of carbonyl (C=O) groups excluding carboxylic acids is 1. The number of aromatic nitrogens is 1. The number of benzene rings is 1. The minimum absolute atomic E-state index is 0.0365. The normalized spacial score (nSPS) is 12.4. The second-order valence-electron chi connectivity index (χ2n) is 5.39. The molecule has 1 atom stereocenters. The zero-order valence-corrected chi connectivity index (χ0v) is 13.7. The van der Waals surface area contributed by atoms with Crippen LogP contribution >= 0.6 is 11.3 Å². The van der Waals surface area contributed by atoms with Gasteiger partial charge in [0, 0.05) is 34.8 Å². The van der Waals surface area contributed by atoms with Gasteiger partial charge in [0.05, 0.1) is 0 Å². The van der Waals surface area contributed by atoms with E-state index in [1.807, 2.05) is 50.7 Å². The zero-order chi connectivity index (χ0) is 15.4. The van der Waals surface area contributed by atoms with Gasteiger partial charge in [-0.1, -0.05) is 12.1 Å². The molecule has 0 saturated heterocycles. The molecule has 0 unspecified atom stereocenters. The van der Waals surface area contributed by atoms with Gasteiger partial charge in [-0.15, -0.1) is 11.3 Å². The monoisotopic (exact) mass is 303 g/mol. The van der Waals surface area contributed by atoms with Crippen molar-refractivity contribution >= 4 is 17.2 Å².